The van der Waals surface area contributed by atoms with E-state index in [2.05, 4.69) is 0 Å². The fourth-order valence-electron chi connectivity index (χ4n) is 0.876. The van der Waals surface area contributed by atoms with Crippen LogP contribution in [0.15, 0.2) is 11.8 Å². The predicted octanol–water partition coefficient (Wildman–Crippen LogP) is 2.00. The van der Waals surface area contributed by atoms with Gasteiger partial charge in [-0.2, -0.15) is 0 Å². The fourth-order valence-corrected chi connectivity index (χ4v) is 1.24. The van der Waals surface area contributed by atoms with E-state index in [1.54, 1.807) is 6.08 Å². The lowest BCUT2D eigenvalue weighted by Gasteiger charge is -2.30. The summed E-state index contributed by atoms with van der Waals surface area (Å²) in [4.78, 5) is 0. The Balaban J connectivity index is 2.80. The first-order chi connectivity index (χ1) is 4.49. The van der Waals surface area contributed by atoms with Crippen molar-refractivity contribution in [1.29, 1.82) is 0 Å². The lowest BCUT2D eigenvalue weighted by molar-refractivity contribution is -0.139. The van der Waals surface area contributed by atoms with Crippen LogP contribution in [0.25, 0.3) is 0 Å². The zero-order valence-corrected chi connectivity index (χ0v) is 7.12. The highest BCUT2D eigenvalue weighted by molar-refractivity contribution is 7.80. The highest BCUT2D eigenvalue weighted by atomic mass is 32.1. The van der Waals surface area contributed by atoms with Gasteiger partial charge in [-0.15, -0.1) is 0 Å². The van der Waals surface area contributed by atoms with Crippen molar-refractivity contribution in [3.05, 3.63) is 11.8 Å². The van der Waals surface area contributed by atoms with Gasteiger partial charge in [0.2, 0.25) is 5.79 Å². The molecule has 3 heteroatoms. The monoisotopic (exact) mass is 158 g/mol. The molecule has 1 aliphatic rings. The number of rotatable bonds is 0. The van der Waals surface area contributed by atoms with Crippen molar-refractivity contribution >= 4 is 17.3 Å². The lowest BCUT2D eigenvalue weighted by Crippen LogP contribution is -2.32. The van der Waals surface area contributed by atoms with Gasteiger partial charge in [-0.3, -0.25) is 0 Å². The maximum atomic E-state index is 5.30. The number of thiocarbonyl (C=S) groups is 1. The van der Waals surface area contributed by atoms with Crippen molar-refractivity contribution in [2.45, 2.75) is 26.6 Å². The standard InChI is InChI=1S/C7H10O2S/c1-5-4-6(10)9-7(2,3)8-5/h4H,1-3H3. The smallest absolute Gasteiger partial charge is 0.246 e. The topological polar surface area (TPSA) is 18.5 Å². The summed E-state index contributed by atoms with van der Waals surface area (Å²) in [6, 6.07) is 0. The molecule has 10 heavy (non-hydrogen) atoms. The van der Waals surface area contributed by atoms with Crippen molar-refractivity contribution in [1.82, 2.24) is 0 Å². The molecule has 1 rings (SSSR count). The van der Waals surface area contributed by atoms with Gasteiger partial charge in [0.05, 0.1) is 0 Å². The van der Waals surface area contributed by atoms with E-state index in [0.29, 0.717) is 5.05 Å². The number of hydrogen-bond acceptors (Lipinski definition) is 3. The Morgan fingerprint density at radius 1 is 1.40 bits per heavy atom. The first kappa shape index (κ1) is 7.54. The Morgan fingerprint density at radius 3 is 2.40 bits per heavy atom. The Kier molecular flexibility index (Phi) is 1.68. The molecule has 0 aliphatic carbocycles. The molecule has 0 aromatic rings. The van der Waals surface area contributed by atoms with Gasteiger partial charge in [-0.05, 0) is 19.1 Å². The Morgan fingerprint density at radius 2 is 2.00 bits per heavy atom. The van der Waals surface area contributed by atoms with Crippen molar-refractivity contribution in [3.8, 4) is 0 Å². The molecule has 0 N–H and O–H groups in total. The summed E-state index contributed by atoms with van der Waals surface area (Å²) in [5.41, 5.74) is 0. The molecule has 0 aromatic heterocycles. The van der Waals surface area contributed by atoms with Crippen molar-refractivity contribution < 1.29 is 9.47 Å². The van der Waals surface area contributed by atoms with Crippen LogP contribution < -0.4 is 0 Å². The average Bonchev–Trinajstić information content (AvgIpc) is 1.54. The van der Waals surface area contributed by atoms with Crippen LogP contribution >= 0.6 is 12.2 Å². The number of hydrogen-bond donors (Lipinski definition) is 0. The lowest BCUT2D eigenvalue weighted by atomic mass is 10.3. The van der Waals surface area contributed by atoms with Gasteiger partial charge in [0, 0.05) is 19.9 Å². The molecule has 0 saturated carbocycles. The Labute approximate surface area is 65.8 Å². The highest BCUT2D eigenvalue weighted by Gasteiger charge is 2.25. The minimum atomic E-state index is -0.587. The fraction of sp³-hybridized carbons (Fsp3) is 0.571. The molecule has 1 aliphatic heterocycles. The maximum absolute atomic E-state index is 5.30. The molecular formula is C7H10O2S. The van der Waals surface area contributed by atoms with E-state index in [-0.39, 0.29) is 0 Å². The van der Waals surface area contributed by atoms with Crippen LogP contribution in [-0.4, -0.2) is 10.8 Å². The predicted molar refractivity (Wildman–Crippen MR) is 42.6 cm³/mol. The molecule has 0 unspecified atom stereocenters. The van der Waals surface area contributed by atoms with E-state index in [1.807, 2.05) is 20.8 Å². The summed E-state index contributed by atoms with van der Waals surface area (Å²) in [6.07, 6.45) is 1.70. The summed E-state index contributed by atoms with van der Waals surface area (Å²) in [5, 5.41) is 0.494. The van der Waals surface area contributed by atoms with Crippen molar-refractivity contribution in [3.63, 3.8) is 0 Å². The SMILES string of the molecule is CC1=CC(=S)OC(C)(C)O1. The van der Waals surface area contributed by atoms with Crippen LogP contribution in [-0.2, 0) is 9.47 Å². The summed E-state index contributed by atoms with van der Waals surface area (Å²) < 4.78 is 10.5. The zero-order chi connectivity index (χ0) is 7.78. The summed E-state index contributed by atoms with van der Waals surface area (Å²) in [6.45, 7) is 5.52. The summed E-state index contributed by atoms with van der Waals surface area (Å²) in [7, 11) is 0. The van der Waals surface area contributed by atoms with Gasteiger partial charge in [-0.25, -0.2) is 0 Å². The van der Waals surface area contributed by atoms with Crippen LogP contribution in [0.5, 0.6) is 0 Å². The van der Waals surface area contributed by atoms with E-state index >= 15 is 0 Å². The van der Waals surface area contributed by atoms with Crippen LogP contribution in [0.1, 0.15) is 20.8 Å². The number of allylic oxidation sites excluding steroid dienone is 1. The van der Waals surface area contributed by atoms with Crippen molar-refractivity contribution in [2.24, 2.45) is 0 Å². The minimum absolute atomic E-state index is 0.494. The molecule has 0 spiro atoms. The summed E-state index contributed by atoms with van der Waals surface area (Å²) in [5.74, 6) is 0.219. The highest BCUT2D eigenvalue weighted by Crippen LogP contribution is 2.21. The first-order valence-electron chi connectivity index (χ1n) is 3.10. The Bertz CT molecular complexity index is 194. The van der Waals surface area contributed by atoms with Crippen LogP contribution in [0.3, 0.4) is 0 Å². The molecular weight excluding hydrogens is 148 g/mol. The van der Waals surface area contributed by atoms with E-state index in [1.165, 1.54) is 0 Å². The van der Waals surface area contributed by atoms with Gasteiger partial charge in [0.15, 0.2) is 5.05 Å². The molecule has 2 nitrogen and oxygen atoms in total. The van der Waals surface area contributed by atoms with Gasteiger partial charge >= 0.3 is 0 Å². The van der Waals surface area contributed by atoms with Gasteiger partial charge in [0.25, 0.3) is 0 Å². The molecule has 0 atom stereocenters. The molecule has 1 heterocycles. The first-order valence-corrected chi connectivity index (χ1v) is 3.51. The minimum Gasteiger partial charge on any atom is -0.457 e. The van der Waals surface area contributed by atoms with Crippen LogP contribution in [0.2, 0.25) is 0 Å². The van der Waals surface area contributed by atoms with Gasteiger partial charge in [-0.1, -0.05) is 0 Å². The van der Waals surface area contributed by atoms with Crippen molar-refractivity contribution in [2.75, 3.05) is 0 Å². The largest absolute Gasteiger partial charge is 0.457 e. The quantitative estimate of drug-likeness (QED) is 0.502. The van der Waals surface area contributed by atoms with Crippen LogP contribution in [0, 0.1) is 0 Å². The average molecular weight is 158 g/mol. The van der Waals surface area contributed by atoms with E-state index in [4.69, 9.17) is 21.7 Å². The zero-order valence-electron chi connectivity index (χ0n) is 6.30. The number of ether oxygens (including phenoxy) is 2. The van der Waals surface area contributed by atoms with E-state index in [9.17, 15) is 0 Å². The molecule has 0 aromatic carbocycles. The third kappa shape index (κ3) is 1.70. The van der Waals surface area contributed by atoms with E-state index in [0.717, 1.165) is 5.76 Å². The van der Waals surface area contributed by atoms with Crippen LogP contribution in [0.4, 0.5) is 0 Å². The second-order valence-electron chi connectivity index (χ2n) is 2.68. The maximum Gasteiger partial charge on any atom is 0.246 e. The van der Waals surface area contributed by atoms with Gasteiger partial charge < -0.3 is 9.47 Å². The normalized spacial score (nSPS) is 22.7. The molecule has 0 bridgehead atoms. The third-order valence-electron chi connectivity index (χ3n) is 1.07. The second kappa shape index (κ2) is 2.23. The Hall–Kier alpha value is -0.570. The van der Waals surface area contributed by atoms with E-state index < -0.39 is 5.79 Å². The summed E-state index contributed by atoms with van der Waals surface area (Å²) >= 11 is 4.85. The molecule has 0 radical (unpaired) electrons. The third-order valence-corrected chi connectivity index (χ3v) is 1.28. The van der Waals surface area contributed by atoms with Gasteiger partial charge in [0.1, 0.15) is 5.76 Å². The second-order valence-corrected chi connectivity index (χ2v) is 3.08. The molecule has 56 valence electrons. The molecule has 0 saturated heterocycles. The molecule has 0 fully saturated rings. The molecule has 0 amide bonds.